The minimum absolute atomic E-state index is 0.560. The molecule has 0 amide bonds. The molecule has 2 N–H and O–H groups in total. The van der Waals surface area contributed by atoms with E-state index in [0.29, 0.717) is 22.3 Å². The third-order valence-corrected chi connectivity index (χ3v) is 14.3. The Morgan fingerprint density at radius 2 is 0.794 bits per heavy atom. The van der Waals surface area contributed by atoms with Gasteiger partial charge in [-0.25, -0.2) is 0 Å². The molecule has 2 atom stereocenters. The van der Waals surface area contributed by atoms with Crippen molar-refractivity contribution in [3.8, 4) is 22.5 Å². The summed E-state index contributed by atoms with van der Waals surface area (Å²) in [5, 5.41) is 32.3. The SMILES string of the molecule is CC1(C)c2cc3c(cc2-c2c1c1c4ccccc4n(-c4ccccc4)c1c1c4ccccc4n(-c4ccccc4)c21)C(O)(c1ccccc1)c1ccccc1C3(O)c1ccccc1. The summed E-state index contributed by atoms with van der Waals surface area (Å²) in [4.78, 5) is 0. The predicted molar refractivity (Wildman–Crippen MR) is 256 cm³/mol. The fourth-order valence-electron chi connectivity index (χ4n) is 11.7. The Morgan fingerprint density at radius 1 is 0.381 bits per heavy atom. The zero-order valence-corrected chi connectivity index (χ0v) is 34.9. The Kier molecular flexibility index (Phi) is 7.34. The molecular weight excluding hydrogens is 769 g/mol. The maximum atomic E-state index is 13.8. The number of aliphatic hydroxyl groups is 2. The molecule has 2 unspecified atom stereocenters. The number of fused-ring (bicyclic) bond motifs is 14. The molecule has 13 rings (SSSR count). The average molecular weight is 811 g/mol. The van der Waals surface area contributed by atoms with Crippen molar-refractivity contribution in [2.75, 3.05) is 0 Å². The minimum Gasteiger partial charge on any atom is -0.376 e. The Hall–Kier alpha value is -7.50. The summed E-state index contributed by atoms with van der Waals surface area (Å²) in [5.74, 6) is 0. The van der Waals surface area contributed by atoms with Crippen LogP contribution in [0.5, 0.6) is 0 Å². The zero-order chi connectivity index (χ0) is 42.2. The van der Waals surface area contributed by atoms with E-state index in [1.807, 2.05) is 84.9 Å². The summed E-state index contributed by atoms with van der Waals surface area (Å²) >= 11 is 0. The van der Waals surface area contributed by atoms with Crippen molar-refractivity contribution in [2.24, 2.45) is 0 Å². The molecule has 0 spiro atoms. The Morgan fingerprint density at radius 3 is 1.32 bits per heavy atom. The lowest BCUT2D eigenvalue weighted by molar-refractivity contribution is 0.0747. The van der Waals surface area contributed by atoms with Crippen molar-refractivity contribution in [1.82, 2.24) is 9.13 Å². The molecule has 11 aromatic rings. The van der Waals surface area contributed by atoms with Gasteiger partial charge in [0.05, 0.1) is 22.1 Å². The van der Waals surface area contributed by atoms with Crippen molar-refractivity contribution < 1.29 is 10.2 Å². The third kappa shape index (κ3) is 4.56. The summed E-state index contributed by atoms with van der Waals surface area (Å²) in [7, 11) is 0. The van der Waals surface area contributed by atoms with Gasteiger partial charge in [-0.15, -0.1) is 0 Å². The van der Waals surface area contributed by atoms with Crippen molar-refractivity contribution >= 4 is 43.6 Å². The molecule has 9 aromatic carbocycles. The van der Waals surface area contributed by atoms with Crippen LogP contribution in [0.2, 0.25) is 0 Å². The number of hydrogen-bond donors (Lipinski definition) is 2. The molecular formula is C59H42N2O2. The van der Waals surface area contributed by atoms with Gasteiger partial charge in [-0.1, -0.05) is 178 Å². The van der Waals surface area contributed by atoms with Crippen LogP contribution in [0.3, 0.4) is 0 Å². The van der Waals surface area contributed by atoms with Crippen molar-refractivity contribution in [3.63, 3.8) is 0 Å². The molecule has 4 nitrogen and oxygen atoms in total. The fourth-order valence-corrected chi connectivity index (χ4v) is 11.7. The largest absolute Gasteiger partial charge is 0.376 e. The van der Waals surface area contributed by atoms with Crippen LogP contribution in [-0.2, 0) is 16.6 Å². The Labute approximate surface area is 365 Å². The molecule has 300 valence electrons. The molecule has 0 bridgehead atoms. The summed E-state index contributed by atoms with van der Waals surface area (Å²) in [5.41, 5.74) is 11.7. The standard InChI is InChI=1S/C59H42N2O2/c1-57(2)46-36-48-47(58(62,37-21-7-3-8-22-37)44-31-17-18-32-45(44)59(48,63)38-23-9-4-10-24-38)35-43(46)52-54(57)51-41-29-15-19-33-49(41)60(39-25-11-5-12-26-39)55(51)53-42-30-16-20-34-50(42)61(56(52)53)40-27-13-6-14-28-40/h3-36,62-63H,1-2H3. The third-order valence-electron chi connectivity index (χ3n) is 14.3. The summed E-state index contributed by atoms with van der Waals surface area (Å²) in [6, 6.07) is 71.4. The number of para-hydroxylation sites is 4. The predicted octanol–water partition coefficient (Wildman–Crippen LogP) is 13.1. The molecule has 2 aliphatic carbocycles. The molecule has 2 heterocycles. The van der Waals surface area contributed by atoms with E-state index in [1.54, 1.807) is 0 Å². The quantitative estimate of drug-likeness (QED) is 0.186. The molecule has 2 aromatic heterocycles. The first-order chi connectivity index (χ1) is 30.8. The molecule has 63 heavy (non-hydrogen) atoms. The minimum atomic E-state index is -1.59. The highest BCUT2D eigenvalue weighted by molar-refractivity contribution is 6.31. The topological polar surface area (TPSA) is 50.3 Å². The number of hydrogen-bond acceptors (Lipinski definition) is 2. The van der Waals surface area contributed by atoms with Crippen LogP contribution in [-0.4, -0.2) is 19.3 Å². The highest BCUT2D eigenvalue weighted by atomic mass is 16.3. The van der Waals surface area contributed by atoms with Gasteiger partial charge in [-0.2, -0.15) is 0 Å². The highest BCUT2D eigenvalue weighted by Crippen LogP contribution is 2.62. The zero-order valence-electron chi connectivity index (χ0n) is 34.9. The first kappa shape index (κ1) is 36.2. The van der Waals surface area contributed by atoms with Crippen LogP contribution in [0.15, 0.2) is 206 Å². The lowest BCUT2D eigenvalue weighted by atomic mass is 9.62. The molecule has 0 fully saturated rings. The Bertz CT molecular complexity index is 3660. The van der Waals surface area contributed by atoms with E-state index in [0.717, 1.165) is 55.7 Å². The van der Waals surface area contributed by atoms with Crippen LogP contribution >= 0.6 is 0 Å². The average Bonchev–Trinajstić information content (AvgIpc) is 3.94. The first-order valence-electron chi connectivity index (χ1n) is 21.8. The van der Waals surface area contributed by atoms with Crippen LogP contribution < -0.4 is 0 Å². The summed E-state index contributed by atoms with van der Waals surface area (Å²) in [6.07, 6.45) is 0. The van der Waals surface area contributed by atoms with Gasteiger partial charge in [0.25, 0.3) is 0 Å². The molecule has 4 heteroatoms. The monoisotopic (exact) mass is 810 g/mol. The van der Waals surface area contributed by atoms with Crippen LogP contribution in [0.25, 0.3) is 66.1 Å². The highest BCUT2D eigenvalue weighted by Gasteiger charge is 2.53. The molecule has 0 saturated heterocycles. The van der Waals surface area contributed by atoms with Crippen LogP contribution in [0.4, 0.5) is 0 Å². The molecule has 0 aliphatic heterocycles. The normalized spacial score (nSPS) is 18.4. The van der Waals surface area contributed by atoms with Crippen molar-refractivity contribution in [1.29, 1.82) is 0 Å². The van der Waals surface area contributed by atoms with E-state index in [4.69, 9.17) is 0 Å². The van der Waals surface area contributed by atoms with E-state index in [9.17, 15) is 10.2 Å². The van der Waals surface area contributed by atoms with Crippen LogP contribution in [0.1, 0.15) is 58.4 Å². The van der Waals surface area contributed by atoms with Gasteiger partial charge in [-0.05, 0) is 87.0 Å². The van der Waals surface area contributed by atoms with Gasteiger partial charge >= 0.3 is 0 Å². The summed E-state index contributed by atoms with van der Waals surface area (Å²) in [6.45, 7) is 4.70. The molecule has 0 saturated carbocycles. The van der Waals surface area contributed by atoms with Gasteiger partial charge in [0, 0.05) is 49.5 Å². The second-order valence-electron chi connectivity index (χ2n) is 17.8. The second kappa shape index (κ2) is 12.8. The van der Waals surface area contributed by atoms with Gasteiger partial charge in [-0.3, -0.25) is 0 Å². The smallest absolute Gasteiger partial charge is 0.141 e. The maximum Gasteiger partial charge on any atom is 0.141 e. The van der Waals surface area contributed by atoms with Gasteiger partial charge in [0.15, 0.2) is 0 Å². The van der Waals surface area contributed by atoms with E-state index in [-0.39, 0.29) is 0 Å². The van der Waals surface area contributed by atoms with E-state index in [2.05, 4.69) is 144 Å². The van der Waals surface area contributed by atoms with Crippen molar-refractivity contribution in [3.05, 3.63) is 251 Å². The van der Waals surface area contributed by atoms with Gasteiger partial charge in [0.2, 0.25) is 0 Å². The first-order valence-corrected chi connectivity index (χ1v) is 21.8. The van der Waals surface area contributed by atoms with Crippen LogP contribution in [0, 0.1) is 0 Å². The maximum absolute atomic E-state index is 13.8. The van der Waals surface area contributed by atoms with Gasteiger partial charge in [0.1, 0.15) is 11.2 Å². The number of benzene rings is 9. The summed E-state index contributed by atoms with van der Waals surface area (Å²) < 4.78 is 4.93. The molecule has 0 radical (unpaired) electrons. The Balaban J connectivity index is 1.28. The lowest BCUT2D eigenvalue weighted by Gasteiger charge is -2.45. The number of rotatable bonds is 4. The molecule has 2 aliphatic rings. The van der Waals surface area contributed by atoms with Gasteiger partial charge < -0.3 is 19.3 Å². The van der Waals surface area contributed by atoms with Crippen molar-refractivity contribution in [2.45, 2.75) is 30.5 Å². The number of aromatic nitrogens is 2. The van der Waals surface area contributed by atoms with E-state index >= 15 is 0 Å². The van der Waals surface area contributed by atoms with E-state index in [1.165, 1.54) is 32.6 Å². The number of nitrogens with zero attached hydrogens (tertiary/aromatic N) is 2. The van der Waals surface area contributed by atoms with E-state index < -0.39 is 16.6 Å². The lowest BCUT2D eigenvalue weighted by Crippen LogP contribution is -2.44. The second-order valence-corrected chi connectivity index (χ2v) is 17.8. The fraction of sp³-hybridized carbons (Fsp3) is 0.0847.